The van der Waals surface area contributed by atoms with Gasteiger partial charge in [-0.1, -0.05) is 0 Å². The summed E-state index contributed by atoms with van der Waals surface area (Å²) in [4.78, 5) is 22.2. The van der Waals surface area contributed by atoms with Crippen molar-refractivity contribution in [2.75, 3.05) is 5.32 Å². The first-order valence-electron chi connectivity index (χ1n) is 6.01. The minimum absolute atomic E-state index is 0.0386. The van der Waals surface area contributed by atoms with E-state index < -0.39 is 23.2 Å². The highest BCUT2D eigenvalue weighted by Gasteiger charge is 2.39. The molecule has 0 bridgehead atoms. The number of carbonyl (C=O) groups is 2. The summed E-state index contributed by atoms with van der Waals surface area (Å²) >= 11 is 0. The van der Waals surface area contributed by atoms with Crippen LogP contribution in [0.25, 0.3) is 0 Å². The van der Waals surface area contributed by atoms with Gasteiger partial charge in [0.15, 0.2) is 0 Å². The molecule has 5 nitrogen and oxygen atoms in total. The second-order valence-corrected chi connectivity index (χ2v) is 4.88. The van der Waals surface area contributed by atoms with Gasteiger partial charge in [-0.25, -0.2) is 4.39 Å². The van der Waals surface area contributed by atoms with Crippen LogP contribution in [-0.4, -0.2) is 22.5 Å². The molecule has 19 heavy (non-hydrogen) atoms. The van der Waals surface area contributed by atoms with E-state index in [2.05, 4.69) is 5.32 Å². The van der Waals surface area contributed by atoms with E-state index in [0.717, 1.165) is 12.5 Å². The number of amides is 1. The van der Waals surface area contributed by atoms with Crippen LogP contribution in [0.4, 0.5) is 10.1 Å². The topological polar surface area (TPSA) is 92.4 Å². The Balaban J connectivity index is 2.27. The van der Waals surface area contributed by atoms with Crippen molar-refractivity contribution in [3.8, 4) is 0 Å². The van der Waals surface area contributed by atoms with Gasteiger partial charge in [0.2, 0.25) is 0 Å². The Kier molecular flexibility index (Phi) is 3.42. The normalized spacial score (nSPS) is 16.5. The summed E-state index contributed by atoms with van der Waals surface area (Å²) in [5.41, 5.74) is 5.06. The fourth-order valence-electron chi connectivity index (χ4n) is 2.35. The maximum absolute atomic E-state index is 13.1. The Hall–Kier alpha value is -2.11. The molecule has 0 atom stereocenters. The summed E-state index contributed by atoms with van der Waals surface area (Å²) in [5, 5.41) is 12.0. The van der Waals surface area contributed by atoms with E-state index in [1.807, 2.05) is 0 Å². The van der Waals surface area contributed by atoms with E-state index in [4.69, 9.17) is 10.8 Å². The third-order valence-electron chi connectivity index (χ3n) is 3.45. The van der Waals surface area contributed by atoms with Crippen LogP contribution in [0.2, 0.25) is 0 Å². The van der Waals surface area contributed by atoms with Crippen molar-refractivity contribution in [2.45, 2.75) is 31.2 Å². The van der Waals surface area contributed by atoms with Gasteiger partial charge < -0.3 is 16.2 Å². The molecule has 0 radical (unpaired) electrons. The highest BCUT2D eigenvalue weighted by molar-refractivity contribution is 5.98. The summed E-state index contributed by atoms with van der Waals surface area (Å²) in [6, 6.07) is 3.68. The number of hydrogen-bond donors (Lipinski definition) is 3. The van der Waals surface area contributed by atoms with Crippen molar-refractivity contribution in [1.82, 2.24) is 0 Å². The number of anilines is 1. The number of hydrogen-bond acceptors (Lipinski definition) is 3. The molecular formula is C13H15FN2O3. The summed E-state index contributed by atoms with van der Waals surface area (Å²) < 4.78 is 13.1. The van der Waals surface area contributed by atoms with Crippen LogP contribution < -0.4 is 11.1 Å². The number of nitrogens with two attached hydrogens (primary N) is 1. The van der Waals surface area contributed by atoms with Crippen LogP contribution in [-0.2, 0) is 4.79 Å². The van der Waals surface area contributed by atoms with E-state index in [1.165, 1.54) is 12.1 Å². The monoisotopic (exact) mass is 266 g/mol. The molecule has 1 fully saturated rings. The van der Waals surface area contributed by atoms with Crippen LogP contribution >= 0.6 is 0 Å². The van der Waals surface area contributed by atoms with Crippen molar-refractivity contribution in [3.05, 3.63) is 29.6 Å². The summed E-state index contributed by atoms with van der Waals surface area (Å²) in [6.07, 6.45) is 2.29. The van der Waals surface area contributed by atoms with Crippen LogP contribution in [0.15, 0.2) is 18.2 Å². The zero-order valence-corrected chi connectivity index (χ0v) is 10.3. The average Bonchev–Trinajstić information content (AvgIpc) is 2.27. The van der Waals surface area contributed by atoms with Crippen molar-refractivity contribution in [1.29, 1.82) is 0 Å². The van der Waals surface area contributed by atoms with E-state index in [-0.39, 0.29) is 12.0 Å². The molecule has 1 aliphatic rings. The second-order valence-electron chi connectivity index (χ2n) is 4.88. The minimum Gasteiger partial charge on any atom is -0.481 e. The molecule has 102 valence electrons. The number of primary amides is 1. The molecule has 1 aromatic carbocycles. The van der Waals surface area contributed by atoms with Gasteiger partial charge in [0, 0.05) is 11.2 Å². The molecule has 0 unspecified atom stereocenters. The molecule has 0 aromatic heterocycles. The largest absolute Gasteiger partial charge is 0.481 e. The van der Waals surface area contributed by atoms with Gasteiger partial charge >= 0.3 is 5.97 Å². The van der Waals surface area contributed by atoms with E-state index >= 15 is 0 Å². The standard InChI is InChI=1S/C13H15FN2O3/c14-8-2-3-10(9(6-8)12(15)19)16-13(4-1-5-13)7-11(17)18/h2-3,6,16H,1,4-5,7H2,(H2,15,19)(H,17,18). The van der Waals surface area contributed by atoms with Gasteiger partial charge in [0.25, 0.3) is 5.91 Å². The Labute approximate surface area is 109 Å². The van der Waals surface area contributed by atoms with Crippen molar-refractivity contribution < 1.29 is 19.1 Å². The van der Waals surface area contributed by atoms with Gasteiger partial charge in [-0.2, -0.15) is 0 Å². The molecule has 4 N–H and O–H groups in total. The first-order chi connectivity index (χ1) is 8.92. The maximum Gasteiger partial charge on any atom is 0.305 e. The highest BCUT2D eigenvalue weighted by Crippen LogP contribution is 2.39. The fraction of sp³-hybridized carbons (Fsp3) is 0.385. The lowest BCUT2D eigenvalue weighted by atomic mass is 9.74. The number of carboxylic acids is 1. The zero-order valence-electron chi connectivity index (χ0n) is 10.3. The van der Waals surface area contributed by atoms with Crippen LogP contribution in [0, 0.1) is 5.82 Å². The molecule has 1 saturated carbocycles. The predicted molar refractivity (Wildman–Crippen MR) is 67.4 cm³/mol. The zero-order chi connectivity index (χ0) is 14.0. The first kappa shape index (κ1) is 13.3. The van der Waals surface area contributed by atoms with Gasteiger partial charge in [-0.15, -0.1) is 0 Å². The van der Waals surface area contributed by atoms with Crippen LogP contribution in [0.1, 0.15) is 36.0 Å². The van der Waals surface area contributed by atoms with Crippen LogP contribution in [0.3, 0.4) is 0 Å². The molecular weight excluding hydrogens is 251 g/mol. The average molecular weight is 266 g/mol. The van der Waals surface area contributed by atoms with E-state index in [9.17, 15) is 14.0 Å². The van der Waals surface area contributed by atoms with Crippen molar-refractivity contribution in [2.24, 2.45) is 5.73 Å². The fourth-order valence-corrected chi connectivity index (χ4v) is 2.35. The van der Waals surface area contributed by atoms with Gasteiger partial charge in [-0.05, 0) is 37.5 Å². The summed E-state index contributed by atoms with van der Waals surface area (Å²) in [6.45, 7) is 0. The van der Waals surface area contributed by atoms with Crippen LogP contribution in [0.5, 0.6) is 0 Å². The van der Waals surface area contributed by atoms with E-state index in [0.29, 0.717) is 18.5 Å². The second kappa shape index (κ2) is 4.87. The number of carbonyl (C=O) groups excluding carboxylic acids is 1. The molecule has 0 aliphatic heterocycles. The molecule has 1 amide bonds. The lowest BCUT2D eigenvalue weighted by molar-refractivity contribution is -0.138. The Bertz CT molecular complexity index is 527. The van der Waals surface area contributed by atoms with Gasteiger partial charge in [0.05, 0.1) is 12.0 Å². The third-order valence-corrected chi connectivity index (χ3v) is 3.45. The van der Waals surface area contributed by atoms with E-state index in [1.54, 1.807) is 0 Å². The molecule has 0 spiro atoms. The third kappa shape index (κ3) is 2.83. The summed E-state index contributed by atoms with van der Waals surface area (Å²) in [5.74, 6) is -2.21. The quantitative estimate of drug-likeness (QED) is 0.756. The first-order valence-corrected chi connectivity index (χ1v) is 6.01. The van der Waals surface area contributed by atoms with Gasteiger partial charge in [-0.3, -0.25) is 9.59 Å². The molecule has 6 heteroatoms. The smallest absolute Gasteiger partial charge is 0.305 e. The number of carboxylic acid groups (broad SMARTS) is 1. The minimum atomic E-state index is -0.907. The number of aliphatic carboxylic acids is 1. The lowest BCUT2D eigenvalue weighted by Gasteiger charge is -2.42. The predicted octanol–water partition coefficient (Wildman–Crippen LogP) is 1.73. The number of benzene rings is 1. The van der Waals surface area contributed by atoms with Crippen molar-refractivity contribution >= 4 is 17.6 Å². The maximum atomic E-state index is 13.1. The highest BCUT2D eigenvalue weighted by atomic mass is 19.1. The SMILES string of the molecule is NC(=O)c1cc(F)ccc1NC1(CC(=O)O)CCC1. The Morgan fingerprint density at radius 1 is 1.42 bits per heavy atom. The van der Waals surface area contributed by atoms with Crippen molar-refractivity contribution in [3.63, 3.8) is 0 Å². The molecule has 2 rings (SSSR count). The molecule has 1 aliphatic carbocycles. The summed E-state index contributed by atoms with van der Waals surface area (Å²) in [7, 11) is 0. The molecule has 0 saturated heterocycles. The Morgan fingerprint density at radius 2 is 2.11 bits per heavy atom. The number of halogens is 1. The van der Waals surface area contributed by atoms with Gasteiger partial charge in [0.1, 0.15) is 5.82 Å². The number of rotatable bonds is 5. The number of nitrogens with one attached hydrogen (secondary N) is 1. The lowest BCUT2D eigenvalue weighted by Crippen LogP contribution is -2.47. The molecule has 0 heterocycles. The Morgan fingerprint density at radius 3 is 2.58 bits per heavy atom. The molecule has 1 aromatic rings.